The van der Waals surface area contributed by atoms with Crippen LogP contribution in [0.15, 0.2) is 30.3 Å². The van der Waals surface area contributed by atoms with Gasteiger partial charge in [-0.1, -0.05) is 18.2 Å². The first-order chi connectivity index (χ1) is 9.98. The molecule has 0 spiro atoms. The van der Waals surface area contributed by atoms with Crippen LogP contribution in [-0.2, 0) is 9.36 Å². The number of rotatable bonds is 6. The van der Waals surface area contributed by atoms with Crippen molar-refractivity contribution in [1.29, 1.82) is 0 Å². The Morgan fingerprint density at radius 1 is 1.24 bits per heavy atom. The van der Waals surface area contributed by atoms with Gasteiger partial charge in [-0.05, 0) is 25.0 Å². The van der Waals surface area contributed by atoms with Gasteiger partial charge < -0.3 is 10.6 Å². The summed E-state index contributed by atoms with van der Waals surface area (Å²) in [4.78, 5) is 12.1. The van der Waals surface area contributed by atoms with Crippen molar-refractivity contribution < 1.29 is 9.36 Å². The van der Waals surface area contributed by atoms with E-state index in [1.165, 1.54) is 0 Å². The third kappa shape index (κ3) is 4.54. The predicted molar refractivity (Wildman–Crippen MR) is 83.7 cm³/mol. The Morgan fingerprint density at radius 3 is 2.62 bits per heavy atom. The molecule has 1 fully saturated rings. The van der Waals surface area contributed by atoms with E-state index in [1.807, 2.05) is 30.3 Å². The average Bonchev–Trinajstić information content (AvgIpc) is 2.45. The summed E-state index contributed by atoms with van der Waals surface area (Å²) >= 11 is 0. The zero-order valence-electron chi connectivity index (χ0n) is 11.9. The zero-order valence-corrected chi connectivity index (χ0v) is 12.8. The number of nitrogens with two attached hydrogens (primary N) is 2. The maximum absolute atomic E-state index is 12.1. The number of benzene rings is 1. The molecule has 1 aliphatic rings. The lowest BCUT2D eigenvalue weighted by atomic mass is 10.1. The summed E-state index contributed by atoms with van der Waals surface area (Å²) in [5, 5.41) is 6.41. The molecule has 0 radical (unpaired) electrons. The molecule has 0 bridgehead atoms. The van der Waals surface area contributed by atoms with Gasteiger partial charge in [-0.25, -0.2) is 0 Å². The summed E-state index contributed by atoms with van der Waals surface area (Å²) in [6, 6.07) is 9.46. The van der Waals surface area contributed by atoms with Crippen molar-refractivity contribution in [2.75, 3.05) is 25.0 Å². The van der Waals surface area contributed by atoms with Crippen LogP contribution in [-0.4, -0.2) is 36.3 Å². The molecule has 21 heavy (non-hydrogen) atoms. The highest BCUT2D eigenvalue weighted by Gasteiger charge is 2.35. The first kappa shape index (κ1) is 16.0. The number of hydrogen-bond acceptors (Lipinski definition) is 4. The van der Waals surface area contributed by atoms with E-state index >= 15 is 0 Å². The molecule has 1 amide bonds. The highest BCUT2D eigenvalue weighted by Crippen LogP contribution is 2.35. The van der Waals surface area contributed by atoms with Gasteiger partial charge in [0.2, 0.25) is 5.91 Å². The number of amides is 1. The van der Waals surface area contributed by atoms with Crippen LogP contribution in [0, 0.1) is 0 Å². The van der Waals surface area contributed by atoms with Crippen molar-refractivity contribution in [2.24, 2.45) is 11.0 Å². The molecule has 6 N–H and O–H groups in total. The lowest BCUT2D eigenvalue weighted by Gasteiger charge is -2.34. The van der Waals surface area contributed by atoms with Gasteiger partial charge in [0.15, 0.2) is 0 Å². The van der Waals surface area contributed by atoms with Crippen LogP contribution in [0.3, 0.4) is 0 Å². The number of anilines is 1. The zero-order chi connectivity index (χ0) is 15.3. The van der Waals surface area contributed by atoms with Crippen LogP contribution in [0.1, 0.15) is 12.8 Å². The van der Waals surface area contributed by atoms with E-state index in [0.717, 1.165) is 16.8 Å². The molecule has 0 aliphatic carbocycles. The molecule has 0 aromatic heterocycles. The quantitative estimate of drug-likeness (QED) is 0.454. The van der Waals surface area contributed by atoms with Gasteiger partial charge in [-0.3, -0.25) is 25.0 Å². The molecule has 7 nitrogen and oxygen atoms in total. The van der Waals surface area contributed by atoms with Gasteiger partial charge >= 0.3 is 7.59 Å². The first-order valence-electron chi connectivity index (χ1n) is 7.00. The summed E-state index contributed by atoms with van der Waals surface area (Å²) in [5.41, 5.74) is 11.8. The van der Waals surface area contributed by atoms with E-state index in [9.17, 15) is 9.36 Å². The Balaban J connectivity index is 1.78. The lowest BCUT2D eigenvalue weighted by molar-refractivity contribution is -0.130. The van der Waals surface area contributed by atoms with Crippen molar-refractivity contribution in [3.63, 3.8) is 0 Å². The van der Waals surface area contributed by atoms with Crippen molar-refractivity contribution >= 4 is 19.2 Å². The smallest absolute Gasteiger partial charge is 0.302 e. The highest BCUT2D eigenvalue weighted by atomic mass is 31.2. The minimum atomic E-state index is -3.49. The monoisotopic (exact) mass is 311 g/mol. The van der Waals surface area contributed by atoms with Crippen LogP contribution in [0.25, 0.3) is 0 Å². The van der Waals surface area contributed by atoms with Crippen molar-refractivity contribution in [3.05, 3.63) is 30.3 Å². The summed E-state index contributed by atoms with van der Waals surface area (Å²) in [5.74, 6) is -0.269. The SMILES string of the molecule is NP(N)(=O)N1CCC[C@H](NCCNc2ccccc2)C1=O. The van der Waals surface area contributed by atoms with Gasteiger partial charge in [-0.2, -0.15) is 0 Å². The van der Waals surface area contributed by atoms with Crippen LogP contribution in [0.5, 0.6) is 0 Å². The largest absolute Gasteiger partial charge is 0.384 e. The van der Waals surface area contributed by atoms with Gasteiger partial charge in [-0.15, -0.1) is 0 Å². The molecule has 1 saturated heterocycles. The number of nitrogens with zero attached hydrogens (tertiary/aromatic N) is 1. The average molecular weight is 311 g/mol. The molecule has 2 rings (SSSR count). The summed E-state index contributed by atoms with van der Waals surface area (Å²) < 4.78 is 12.8. The number of para-hydroxylation sites is 1. The molecular weight excluding hydrogens is 289 g/mol. The number of carbonyl (C=O) groups excluding carboxylic acids is 1. The van der Waals surface area contributed by atoms with Gasteiger partial charge in [0, 0.05) is 25.3 Å². The molecule has 116 valence electrons. The number of nitrogens with one attached hydrogen (secondary N) is 2. The minimum absolute atomic E-state index is 0.269. The normalized spacial score (nSPS) is 19.6. The molecule has 8 heteroatoms. The van der Waals surface area contributed by atoms with Gasteiger partial charge in [0.1, 0.15) is 0 Å². The third-order valence-electron chi connectivity index (χ3n) is 3.41. The standard InChI is InChI=1S/C13H22N5O2P/c14-21(15,20)18-10-4-7-12(13(18)19)17-9-8-16-11-5-2-1-3-6-11/h1-3,5-6,12,16-17H,4,7-10H2,(H4,14,15,20)/t12-/m0/s1. The predicted octanol–water partition coefficient (Wildman–Crippen LogP) is 0.705. The molecule has 0 saturated carbocycles. The van der Waals surface area contributed by atoms with E-state index in [1.54, 1.807) is 0 Å². The molecule has 1 aliphatic heterocycles. The fourth-order valence-corrected chi connectivity index (χ4v) is 3.27. The van der Waals surface area contributed by atoms with Crippen molar-refractivity contribution in [1.82, 2.24) is 9.99 Å². The molecule has 1 heterocycles. The molecule has 0 unspecified atom stereocenters. The van der Waals surface area contributed by atoms with E-state index < -0.39 is 7.59 Å². The Bertz CT molecular complexity index is 519. The van der Waals surface area contributed by atoms with Crippen molar-refractivity contribution in [2.45, 2.75) is 18.9 Å². The van der Waals surface area contributed by atoms with E-state index in [-0.39, 0.29) is 11.9 Å². The summed E-state index contributed by atoms with van der Waals surface area (Å²) in [7, 11) is -3.49. The van der Waals surface area contributed by atoms with E-state index in [0.29, 0.717) is 26.1 Å². The minimum Gasteiger partial charge on any atom is -0.384 e. The number of carbonyl (C=O) groups is 1. The highest BCUT2D eigenvalue weighted by molar-refractivity contribution is 7.57. The van der Waals surface area contributed by atoms with Crippen LogP contribution >= 0.6 is 7.59 Å². The van der Waals surface area contributed by atoms with E-state index in [4.69, 9.17) is 11.0 Å². The second-order valence-corrected chi connectivity index (χ2v) is 6.90. The fraction of sp³-hybridized carbons (Fsp3) is 0.462. The van der Waals surface area contributed by atoms with Gasteiger partial charge in [0.05, 0.1) is 6.04 Å². The van der Waals surface area contributed by atoms with E-state index in [2.05, 4.69) is 10.6 Å². The third-order valence-corrected chi connectivity index (χ3v) is 4.56. The Hall–Kier alpha value is -1.40. The molecule has 1 atom stereocenters. The van der Waals surface area contributed by atoms with Crippen LogP contribution in [0.4, 0.5) is 5.69 Å². The first-order valence-corrected chi connectivity index (χ1v) is 8.79. The molecule has 1 aromatic carbocycles. The fourth-order valence-electron chi connectivity index (χ4n) is 2.37. The maximum atomic E-state index is 12.1. The maximum Gasteiger partial charge on any atom is 0.302 e. The number of piperidine rings is 1. The van der Waals surface area contributed by atoms with Crippen LogP contribution < -0.4 is 21.6 Å². The Kier molecular flexibility index (Phi) is 5.36. The summed E-state index contributed by atoms with van der Waals surface area (Å²) in [6.07, 6.45) is 1.45. The Labute approximate surface area is 124 Å². The topological polar surface area (TPSA) is 113 Å². The summed E-state index contributed by atoms with van der Waals surface area (Å²) in [6.45, 7) is 1.68. The van der Waals surface area contributed by atoms with Crippen LogP contribution in [0.2, 0.25) is 0 Å². The second-order valence-electron chi connectivity index (χ2n) is 5.08. The van der Waals surface area contributed by atoms with Gasteiger partial charge in [0.25, 0.3) is 0 Å². The Morgan fingerprint density at radius 2 is 1.95 bits per heavy atom. The number of hydrogen-bond donors (Lipinski definition) is 4. The molecular formula is C13H22N5O2P. The second kappa shape index (κ2) is 7.04. The lowest BCUT2D eigenvalue weighted by Crippen LogP contribution is -2.51. The molecule has 1 aromatic rings. The van der Waals surface area contributed by atoms with Crippen molar-refractivity contribution in [3.8, 4) is 0 Å².